The molecule has 4 nitrogen and oxygen atoms in total. The van der Waals surface area contributed by atoms with Crippen LogP contribution in [0.25, 0.3) is 0 Å². The van der Waals surface area contributed by atoms with Gasteiger partial charge in [0.2, 0.25) is 0 Å². The quantitative estimate of drug-likeness (QED) is 0.824. The van der Waals surface area contributed by atoms with Crippen molar-refractivity contribution in [2.45, 2.75) is 19.6 Å². The van der Waals surface area contributed by atoms with Crippen LogP contribution in [0.2, 0.25) is 0 Å². The van der Waals surface area contributed by atoms with Crippen molar-refractivity contribution in [2.75, 3.05) is 45.9 Å². The lowest BCUT2D eigenvalue weighted by Gasteiger charge is -2.34. The summed E-state index contributed by atoms with van der Waals surface area (Å²) in [5.41, 5.74) is 0.529. The van der Waals surface area contributed by atoms with Gasteiger partial charge in [0.05, 0.1) is 19.3 Å². The van der Waals surface area contributed by atoms with Crippen molar-refractivity contribution < 1.29 is 14.2 Å². The van der Waals surface area contributed by atoms with E-state index in [1.807, 2.05) is 0 Å². The van der Waals surface area contributed by atoms with Crippen LogP contribution in [0.5, 0.6) is 0 Å². The predicted octanol–water partition coefficient (Wildman–Crippen LogP) is 1.34. The molecule has 1 heterocycles. The first-order chi connectivity index (χ1) is 10.2. The number of piperazine rings is 1. The molecule has 0 spiro atoms. The molecule has 0 bridgehead atoms. The number of aliphatic hydroxyl groups is 1. The summed E-state index contributed by atoms with van der Waals surface area (Å²) in [6, 6.07) is 6.56. The molecule has 1 aromatic rings. The Bertz CT molecular complexity index is 422. The van der Waals surface area contributed by atoms with Crippen molar-refractivity contribution >= 4 is 0 Å². The molecule has 1 aromatic carbocycles. The van der Waals surface area contributed by atoms with Gasteiger partial charge in [-0.25, -0.2) is 4.39 Å². The van der Waals surface area contributed by atoms with Crippen molar-refractivity contribution in [3.8, 4) is 0 Å². The average Bonchev–Trinajstić information content (AvgIpc) is 2.50. The molecule has 0 aromatic heterocycles. The lowest BCUT2D eigenvalue weighted by molar-refractivity contribution is 0.00113. The topological polar surface area (TPSA) is 35.9 Å². The maximum Gasteiger partial charge on any atom is 0.128 e. The van der Waals surface area contributed by atoms with Crippen molar-refractivity contribution in [2.24, 2.45) is 0 Å². The minimum Gasteiger partial charge on any atom is -0.389 e. The third-order valence-corrected chi connectivity index (χ3v) is 3.91. The van der Waals surface area contributed by atoms with Crippen molar-refractivity contribution in [1.82, 2.24) is 9.80 Å². The van der Waals surface area contributed by atoms with E-state index >= 15 is 0 Å². The van der Waals surface area contributed by atoms with Gasteiger partial charge >= 0.3 is 0 Å². The molecule has 5 heteroatoms. The van der Waals surface area contributed by atoms with Gasteiger partial charge in [-0.05, 0) is 12.6 Å². The third kappa shape index (κ3) is 5.36. The molecule has 0 amide bonds. The van der Waals surface area contributed by atoms with Crippen LogP contribution in [-0.4, -0.2) is 66.9 Å². The number of β-amino-alcohol motifs (C(OH)–C–C–N with tert-alkyl or cyclic N) is 1. The van der Waals surface area contributed by atoms with Crippen LogP contribution in [0.3, 0.4) is 0 Å². The van der Waals surface area contributed by atoms with E-state index in [1.165, 1.54) is 6.07 Å². The van der Waals surface area contributed by atoms with E-state index in [0.29, 0.717) is 12.1 Å². The van der Waals surface area contributed by atoms with Gasteiger partial charge in [0, 0.05) is 38.3 Å². The minimum atomic E-state index is -0.523. The zero-order valence-corrected chi connectivity index (χ0v) is 12.7. The van der Waals surface area contributed by atoms with Gasteiger partial charge < -0.3 is 14.7 Å². The SMILES string of the molecule is CCN1CCN(C[C@H](O)COCc2ccccc2F)CC1. The number of hydrogen-bond donors (Lipinski definition) is 1. The number of ether oxygens (including phenoxy) is 1. The highest BCUT2D eigenvalue weighted by Crippen LogP contribution is 2.08. The van der Waals surface area contributed by atoms with E-state index in [1.54, 1.807) is 18.2 Å². The molecular formula is C16H25FN2O2. The monoisotopic (exact) mass is 296 g/mol. The number of halogens is 1. The molecule has 2 rings (SSSR count). The van der Waals surface area contributed by atoms with E-state index < -0.39 is 6.10 Å². The summed E-state index contributed by atoms with van der Waals surface area (Å²) >= 11 is 0. The molecule has 1 saturated heterocycles. The maximum absolute atomic E-state index is 13.4. The molecule has 1 aliphatic rings. The van der Waals surface area contributed by atoms with Crippen molar-refractivity contribution in [3.63, 3.8) is 0 Å². The molecule has 1 atom stereocenters. The van der Waals surface area contributed by atoms with Crippen LogP contribution in [-0.2, 0) is 11.3 Å². The maximum atomic E-state index is 13.4. The van der Waals surface area contributed by atoms with E-state index in [2.05, 4.69) is 16.7 Å². The fourth-order valence-corrected chi connectivity index (χ4v) is 2.56. The Balaban J connectivity index is 1.64. The summed E-state index contributed by atoms with van der Waals surface area (Å²) < 4.78 is 18.8. The van der Waals surface area contributed by atoms with Gasteiger partial charge in [0.15, 0.2) is 0 Å². The molecule has 0 aliphatic carbocycles. The fourth-order valence-electron chi connectivity index (χ4n) is 2.56. The van der Waals surface area contributed by atoms with Crippen LogP contribution in [0.15, 0.2) is 24.3 Å². The molecule has 1 fully saturated rings. The zero-order valence-electron chi connectivity index (χ0n) is 12.7. The molecule has 1 aliphatic heterocycles. The number of nitrogens with zero attached hydrogens (tertiary/aromatic N) is 2. The van der Waals surface area contributed by atoms with Gasteiger partial charge in [-0.3, -0.25) is 4.90 Å². The lowest BCUT2D eigenvalue weighted by atomic mass is 10.2. The highest BCUT2D eigenvalue weighted by Gasteiger charge is 2.18. The van der Waals surface area contributed by atoms with Crippen molar-refractivity contribution in [3.05, 3.63) is 35.6 Å². The second-order valence-corrected chi connectivity index (χ2v) is 5.50. The summed E-state index contributed by atoms with van der Waals surface area (Å²) in [4.78, 5) is 4.65. The zero-order chi connectivity index (χ0) is 15.1. The number of rotatable bonds is 7. The molecule has 0 radical (unpaired) electrons. The predicted molar refractivity (Wildman–Crippen MR) is 80.6 cm³/mol. The molecule has 1 N–H and O–H groups in total. The van der Waals surface area contributed by atoms with Crippen LogP contribution >= 0.6 is 0 Å². The second kappa shape index (κ2) is 8.44. The first-order valence-electron chi connectivity index (χ1n) is 7.63. The molecule has 0 unspecified atom stereocenters. The number of aliphatic hydroxyl groups excluding tert-OH is 1. The number of hydrogen-bond acceptors (Lipinski definition) is 4. The minimum absolute atomic E-state index is 0.202. The van der Waals surface area contributed by atoms with Crippen LogP contribution in [0.4, 0.5) is 4.39 Å². The van der Waals surface area contributed by atoms with Crippen LogP contribution in [0.1, 0.15) is 12.5 Å². The average molecular weight is 296 g/mol. The van der Waals surface area contributed by atoms with E-state index in [-0.39, 0.29) is 19.0 Å². The summed E-state index contributed by atoms with van der Waals surface area (Å²) in [6.45, 7) is 8.39. The summed E-state index contributed by atoms with van der Waals surface area (Å²) in [5.74, 6) is -0.261. The fraction of sp³-hybridized carbons (Fsp3) is 0.625. The number of benzene rings is 1. The van der Waals surface area contributed by atoms with Gasteiger partial charge in [0.25, 0.3) is 0 Å². The van der Waals surface area contributed by atoms with Gasteiger partial charge in [-0.2, -0.15) is 0 Å². The first kappa shape index (κ1) is 16.4. The van der Waals surface area contributed by atoms with Gasteiger partial charge in [0.1, 0.15) is 5.82 Å². The second-order valence-electron chi connectivity index (χ2n) is 5.50. The first-order valence-corrected chi connectivity index (χ1v) is 7.63. The van der Waals surface area contributed by atoms with Crippen LogP contribution < -0.4 is 0 Å². The Morgan fingerprint density at radius 1 is 1.19 bits per heavy atom. The van der Waals surface area contributed by atoms with Gasteiger partial charge in [-0.1, -0.05) is 25.1 Å². The summed E-state index contributed by atoms with van der Waals surface area (Å²) in [6.07, 6.45) is -0.523. The highest BCUT2D eigenvalue weighted by atomic mass is 19.1. The standard InChI is InChI=1S/C16H25FN2O2/c1-2-18-7-9-19(10-8-18)11-15(20)13-21-12-14-5-3-4-6-16(14)17/h3-6,15,20H,2,7-13H2,1H3/t15-/m0/s1. The normalized spacial score (nSPS) is 18.8. The van der Waals surface area contributed by atoms with Gasteiger partial charge in [-0.15, -0.1) is 0 Å². The summed E-state index contributed by atoms with van der Waals surface area (Å²) in [5, 5.41) is 10.00. The molecule has 21 heavy (non-hydrogen) atoms. The Labute approximate surface area is 126 Å². The smallest absolute Gasteiger partial charge is 0.128 e. The Morgan fingerprint density at radius 2 is 1.86 bits per heavy atom. The van der Waals surface area contributed by atoms with E-state index in [0.717, 1.165) is 32.7 Å². The molecule has 0 saturated carbocycles. The Kier molecular flexibility index (Phi) is 6.57. The largest absolute Gasteiger partial charge is 0.389 e. The number of likely N-dealkylation sites (N-methyl/N-ethyl adjacent to an activating group) is 1. The van der Waals surface area contributed by atoms with E-state index in [4.69, 9.17) is 4.74 Å². The third-order valence-electron chi connectivity index (χ3n) is 3.91. The summed E-state index contributed by atoms with van der Waals surface area (Å²) in [7, 11) is 0. The van der Waals surface area contributed by atoms with E-state index in [9.17, 15) is 9.50 Å². The Hall–Kier alpha value is -1.01. The lowest BCUT2D eigenvalue weighted by Crippen LogP contribution is -2.48. The van der Waals surface area contributed by atoms with Crippen LogP contribution in [0, 0.1) is 5.82 Å². The molecule has 118 valence electrons. The Morgan fingerprint density at radius 3 is 2.52 bits per heavy atom. The molecular weight excluding hydrogens is 271 g/mol. The highest BCUT2D eigenvalue weighted by molar-refractivity contribution is 5.16. The van der Waals surface area contributed by atoms with Crippen molar-refractivity contribution in [1.29, 1.82) is 0 Å².